The van der Waals surface area contributed by atoms with E-state index in [4.69, 9.17) is 0 Å². The molecule has 0 aliphatic heterocycles. The number of amides is 2. The van der Waals surface area contributed by atoms with Crippen LogP contribution in [0.25, 0.3) is 0 Å². The van der Waals surface area contributed by atoms with Crippen molar-refractivity contribution in [1.82, 2.24) is 10.2 Å². The number of nitrogens with zero attached hydrogens (tertiary/aromatic N) is 1. The number of halogens is 1. The number of carbonyl (C=O) groups excluding carboxylic acids is 1. The van der Waals surface area contributed by atoms with Gasteiger partial charge in [-0.1, -0.05) is 18.2 Å². The molecule has 2 saturated carbocycles. The zero-order chi connectivity index (χ0) is 12.5. The van der Waals surface area contributed by atoms with Gasteiger partial charge in [-0.05, 0) is 31.7 Å². The summed E-state index contributed by atoms with van der Waals surface area (Å²) < 4.78 is 13.6. The number of hydrogen-bond acceptors (Lipinski definition) is 1. The maximum absolute atomic E-state index is 13.6. The zero-order valence-corrected chi connectivity index (χ0v) is 10.2. The Labute approximate surface area is 106 Å². The molecule has 3 nitrogen and oxygen atoms in total. The number of benzene rings is 1. The van der Waals surface area contributed by atoms with Crippen LogP contribution < -0.4 is 5.32 Å². The fourth-order valence-corrected chi connectivity index (χ4v) is 2.05. The van der Waals surface area contributed by atoms with E-state index in [-0.39, 0.29) is 11.8 Å². The molecule has 0 spiro atoms. The minimum Gasteiger partial charge on any atom is -0.335 e. The lowest BCUT2D eigenvalue weighted by Gasteiger charge is -2.23. The van der Waals surface area contributed by atoms with Gasteiger partial charge in [0.1, 0.15) is 5.82 Å². The largest absolute Gasteiger partial charge is 0.335 e. The molecule has 3 rings (SSSR count). The quantitative estimate of drug-likeness (QED) is 0.873. The normalized spacial score (nSPS) is 18.5. The molecule has 1 aromatic carbocycles. The summed E-state index contributed by atoms with van der Waals surface area (Å²) in [6, 6.07) is 7.27. The molecule has 4 heteroatoms. The first-order valence-electron chi connectivity index (χ1n) is 6.54. The summed E-state index contributed by atoms with van der Waals surface area (Å²) >= 11 is 0. The fourth-order valence-electron chi connectivity index (χ4n) is 2.05. The minimum atomic E-state index is -0.234. The minimum absolute atomic E-state index is 0.0387. The molecule has 96 valence electrons. The van der Waals surface area contributed by atoms with Crippen molar-refractivity contribution >= 4 is 6.03 Å². The lowest BCUT2D eigenvalue weighted by atomic mass is 10.2. The summed E-state index contributed by atoms with van der Waals surface area (Å²) in [6.45, 7) is 0.371. The van der Waals surface area contributed by atoms with Gasteiger partial charge in [0, 0.05) is 17.6 Å². The Morgan fingerprint density at radius 2 is 2.00 bits per heavy atom. The number of hydrogen-bond donors (Lipinski definition) is 1. The van der Waals surface area contributed by atoms with E-state index in [0.29, 0.717) is 24.2 Å². The smallest absolute Gasteiger partial charge is 0.318 e. The van der Waals surface area contributed by atoms with Crippen LogP contribution in [0.2, 0.25) is 0 Å². The van der Waals surface area contributed by atoms with E-state index in [2.05, 4.69) is 5.32 Å². The third-order valence-corrected chi connectivity index (χ3v) is 3.45. The van der Waals surface area contributed by atoms with Gasteiger partial charge in [-0.2, -0.15) is 0 Å². The van der Waals surface area contributed by atoms with Gasteiger partial charge in [0.05, 0.1) is 6.54 Å². The maximum atomic E-state index is 13.6. The van der Waals surface area contributed by atoms with Crippen LogP contribution in [-0.4, -0.2) is 23.0 Å². The monoisotopic (exact) mass is 248 g/mol. The number of urea groups is 1. The summed E-state index contributed by atoms with van der Waals surface area (Å²) in [5.41, 5.74) is 0.593. The molecule has 1 aromatic rings. The van der Waals surface area contributed by atoms with Crippen molar-refractivity contribution in [3.8, 4) is 0 Å². The Bertz CT molecular complexity index is 455. The Kier molecular flexibility index (Phi) is 2.94. The summed E-state index contributed by atoms with van der Waals surface area (Å²) in [6.07, 6.45) is 4.22. The van der Waals surface area contributed by atoms with E-state index < -0.39 is 0 Å². The van der Waals surface area contributed by atoms with Crippen LogP contribution in [0.15, 0.2) is 24.3 Å². The number of carbonyl (C=O) groups is 1. The summed E-state index contributed by atoms with van der Waals surface area (Å²) in [7, 11) is 0. The molecule has 2 amide bonds. The SMILES string of the molecule is O=C(NC1CC1)N(Cc1ccccc1F)C1CC1. The highest BCUT2D eigenvalue weighted by atomic mass is 19.1. The van der Waals surface area contributed by atoms with Crippen LogP contribution in [0.4, 0.5) is 9.18 Å². The second-order valence-corrected chi connectivity index (χ2v) is 5.17. The van der Waals surface area contributed by atoms with E-state index in [9.17, 15) is 9.18 Å². The Balaban J connectivity index is 1.69. The van der Waals surface area contributed by atoms with E-state index >= 15 is 0 Å². The third-order valence-electron chi connectivity index (χ3n) is 3.45. The lowest BCUT2D eigenvalue weighted by molar-refractivity contribution is 0.191. The van der Waals surface area contributed by atoms with Gasteiger partial charge in [-0.3, -0.25) is 0 Å². The average Bonchev–Trinajstić information content (AvgIpc) is 3.21. The van der Waals surface area contributed by atoms with Gasteiger partial charge in [0.15, 0.2) is 0 Å². The zero-order valence-electron chi connectivity index (χ0n) is 10.2. The Morgan fingerprint density at radius 3 is 2.61 bits per heavy atom. The standard InChI is InChI=1S/C14H17FN2O/c15-13-4-2-1-3-10(13)9-17(12-7-8-12)14(18)16-11-5-6-11/h1-4,11-12H,5-9H2,(H,16,18). The second kappa shape index (κ2) is 4.59. The van der Waals surface area contributed by atoms with Gasteiger partial charge in [0.25, 0.3) is 0 Å². The number of nitrogens with one attached hydrogen (secondary N) is 1. The molecule has 0 saturated heterocycles. The first-order chi connectivity index (χ1) is 8.74. The third kappa shape index (κ3) is 2.63. The second-order valence-electron chi connectivity index (χ2n) is 5.17. The molecule has 18 heavy (non-hydrogen) atoms. The van der Waals surface area contributed by atoms with Gasteiger partial charge in [0.2, 0.25) is 0 Å². The van der Waals surface area contributed by atoms with E-state index in [1.54, 1.807) is 17.0 Å². The highest BCUT2D eigenvalue weighted by molar-refractivity contribution is 5.75. The summed E-state index contributed by atoms with van der Waals surface area (Å²) in [5, 5.41) is 2.98. The highest BCUT2D eigenvalue weighted by Crippen LogP contribution is 2.29. The maximum Gasteiger partial charge on any atom is 0.318 e. The van der Waals surface area contributed by atoms with Gasteiger partial charge >= 0.3 is 6.03 Å². The molecule has 0 aromatic heterocycles. The average molecular weight is 248 g/mol. The number of rotatable bonds is 4. The molecule has 2 aliphatic rings. The van der Waals surface area contributed by atoms with Crippen LogP contribution >= 0.6 is 0 Å². The Morgan fingerprint density at radius 1 is 1.28 bits per heavy atom. The van der Waals surface area contributed by atoms with Crippen molar-refractivity contribution in [2.45, 2.75) is 44.3 Å². The van der Waals surface area contributed by atoms with Crippen LogP contribution in [0, 0.1) is 5.82 Å². The van der Waals surface area contributed by atoms with Crippen molar-refractivity contribution in [2.24, 2.45) is 0 Å². The van der Waals surface area contributed by atoms with Crippen LogP contribution in [0.5, 0.6) is 0 Å². The van der Waals surface area contributed by atoms with Crippen molar-refractivity contribution in [1.29, 1.82) is 0 Å². The van der Waals surface area contributed by atoms with E-state index in [1.165, 1.54) is 6.07 Å². The van der Waals surface area contributed by atoms with E-state index in [0.717, 1.165) is 25.7 Å². The van der Waals surface area contributed by atoms with Crippen molar-refractivity contribution < 1.29 is 9.18 Å². The molecular formula is C14H17FN2O. The first kappa shape index (κ1) is 11.5. The molecule has 0 bridgehead atoms. The van der Waals surface area contributed by atoms with E-state index in [1.807, 2.05) is 6.07 Å². The first-order valence-corrected chi connectivity index (χ1v) is 6.54. The van der Waals surface area contributed by atoms with Gasteiger partial charge < -0.3 is 10.2 Å². The molecular weight excluding hydrogens is 231 g/mol. The molecule has 2 fully saturated rings. The van der Waals surface area contributed by atoms with Crippen LogP contribution in [0.1, 0.15) is 31.2 Å². The molecule has 0 heterocycles. The molecule has 0 radical (unpaired) electrons. The molecule has 0 unspecified atom stereocenters. The van der Waals surface area contributed by atoms with Crippen LogP contribution in [-0.2, 0) is 6.54 Å². The molecule has 0 atom stereocenters. The van der Waals surface area contributed by atoms with Crippen molar-refractivity contribution in [2.75, 3.05) is 0 Å². The topological polar surface area (TPSA) is 32.3 Å². The lowest BCUT2D eigenvalue weighted by Crippen LogP contribution is -2.42. The highest BCUT2D eigenvalue weighted by Gasteiger charge is 2.35. The van der Waals surface area contributed by atoms with Crippen molar-refractivity contribution in [3.05, 3.63) is 35.6 Å². The molecule has 2 aliphatic carbocycles. The van der Waals surface area contributed by atoms with Gasteiger partial charge in [-0.15, -0.1) is 0 Å². The van der Waals surface area contributed by atoms with Gasteiger partial charge in [-0.25, -0.2) is 9.18 Å². The predicted octanol–water partition coefficient (Wildman–Crippen LogP) is 2.66. The summed E-state index contributed by atoms with van der Waals surface area (Å²) in [5.74, 6) is -0.234. The van der Waals surface area contributed by atoms with Crippen LogP contribution in [0.3, 0.4) is 0 Å². The fraction of sp³-hybridized carbons (Fsp3) is 0.500. The predicted molar refractivity (Wildman–Crippen MR) is 66.5 cm³/mol. The summed E-state index contributed by atoms with van der Waals surface area (Å²) in [4.78, 5) is 13.9. The van der Waals surface area contributed by atoms with Crippen molar-refractivity contribution in [3.63, 3.8) is 0 Å². The Hall–Kier alpha value is -1.58. The molecule has 1 N–H and O–H groups in total.